The Balaban J connectivity index is 3.51. The molecule has 0 bridgehead atoms. The van der Waals surface area contributed by atoms with Crippen molar-refractivity contribution in [3.05, 3.63) is 0 Å². The Morgan fingerprint density at radius 3 is 2.55 bits per heavy atom. The van der Waals surface area contributed by atoms with E-state index in [1.54, 1.807) is 7.11 Å². The van der Waals surface area contributed by atoms with E-state index in [1.807, 2.05) is 0 Å². The van der Waals surface area contributed by atoms with Gasteiger partial charge < -0.3 is 4.74 Å². The van der Waals surface area contributed by atoms with Gasteiger partial charge in [0.15, 0.2) is 0 Å². The van der Waals surface area contributed by atoms with Gasteiger partial charge in [-0.05, 0) is 18.8 Å². The van der Waals surface area contributed by atoms with Crippen molar-refractivity contribution in [1.29, 1.82) is 0 Å². The molecule has 0 amide bonds. The molecule has 0 aromatic heterocycles. The molecule has 0 radical (unpaired) electrons. The molecule has 3 N–H and O–H groups in total. The molecule has 2 unspecified atom stereocenters. The normalized spacial score (nSPS) is 16.4. The van der Waals surface area contributed by atoms with Crippen molar-refractivity contribution < 1.29 is 4.74 Å². The molecule has 0 aliphatic carbocycles. The fraction of sp³-hybridized carbons (Fsp3) is 1.00. The Kier molecular flexibility index (Phi) is 6.51. The van der Waals surface area contributed by atoms with E-state index in [1.165, 1.54) is 0 Å². The van der Waals surface area contributed by atoms with Gasteiger partial charge in [0.1, 0.15) is 0 Å². The van der Waals surface area contributed by atoms with E-state index in [9.17, 15) is 0 Å². The first-order valence-corrected chi connectivity index (χ1v) is 4.21. The average molecular weight is 160 g/mol. The second kappa shape index (κ2) is 6.58. The monoisotopic (exact) mass is 160 g/mol. The van der Waals surface area contributed by atoms with E-state index in [4.69, 9.17) is 10.6 Å². The predicted octanol–water partition coefficient (Wildman–Crippen LogP) is 0.901. The molecule has 68 valence electrons. The van der Waals surface area contributed by atoms with Crippen LogP contribution in [-0.4, -0.2) is 19.8 Å². The van der Waals surface area contributed by atoms with Crippen LogP contribution in [0.2, 0.25) is 0 Å². The number of nitrogens with one attached hydrogen (secondary N) is 1. The highest BCUT2D eigenvalue weighted by Gasteiger charge is 2.12. The molecule has 0 fully saturated rings. The number of nitrogens with two attached hydrogens (primary N) is 1. The fourth-order valence-electron chi connectivity index (χ4n) is 1.19. The highest BCUT2D eigenvalue weighted by Crippen LogP contribution is 2.09. The Morgan fingerprint density at radius 2 is 2.18 bits per heavy atom. The molecule has 0 aliphatic heterocycles. The zero-order valence-corrected chi connectivity index (χ0v) is 7.76. The highest BCUT2D eigenvalue weighted by molar-refractivity contribution is 4.68. The summed E-state index contributed by atoms with van der Waals surface area (Å²) in [6.07, 6.45) is 2.14. The fourth-order valence-corrected chi connectivity index (χ4v) is 1.19. The van der Waals surface area contributed by atoms with E-state index < -0.39 is 0 Å². The van der Waals surface area contributed by atoms with Gasteiger partial charge in [-0.15, -0.1) is 0 Å². The van der Waals surface area contributed by atoms with Gasteiger partial charge in [0.25, 0.3) is 0 Å². The van der Waals surface area contributed by atoms with Crippen molar-refractivity contribution in [3.8, 4) is 0 Å². The number of hydrazine groups is 1. The first-order chi connectivity index (χ1) is 5.26. The SMILES string of the molecule is CCC(NN)C(C)CCOC. The van der Waals surface area contributed by atoms with Crippen LogP contribution in [0.4, 0.5) is 0 Å². The van der Waals surface area contributed by atoms with Crippen LogP contribution in [0.15, 0.2) is 0 Å². The Morgan fingerprint density at radius 1 is 1.55 bits per heavy atom. The van der Waals surface area contributed by atoms with Crippen molar-refractivity contribution in [3.63, 3.8) is 0 Å². The summed E-state index contributed by atoms with van der Waals surface area (Å²) in [6, 6.07) is 0.421. The standard InChI is InChI=1S/C8H20N2O/c1-4-8(10-9)7(2)5-6-11-3/h7-8,10H,4-6,9H2,1-3H3. The number of hydrogen-bond donors (Lipinski definition) is 2. The molecule has 0 saturated carbocycles. The molecule has 0 aliphatic rings. The van der Waals surface area contributed by atoms with Crippen LogP contribution in [0.3, 0.4) is 0 Å². The first-order valence-electron chi connectivity index (χ1n) is 4.21. The molecule has 3 nitrogen and oxygen atoms in total. The topological polar surface area (TPSA) is 47.3 Å². The molecule has 11 heavy (non-hydrogen) atoms. The molecule has 2 atom stereocenters. The van der Waals surface area contributed by atoms with Gasteiger partial charge in [0.2, 0.25) is 0 Å². The average Bonchev–Trinajstić information content (AvgIpc) is 2.03. The summed E-state index contributed by atoms with van der Waals surface area (Å²) in [4.78, 5) is 0. The van der Waals surface area contributed by atoms with Crippen LogP contribution in [0.1, 0.15) is 26.7 Å². The van der Waals surface area contributed by atoms with Crippen LogP contribution in [0, 0.1) is 5.92 Å². The molecule has 0 aromatic carbocycles. The lowest BCUT2D eigenvalue weighted by atomic mass is 9.97. The molecule has 0 aromatic rings. The zero-order valence-electron chi connectivity index (χ0n) is 7.76. The lowest BCUT2D eigenvalue weighted by molar-refractivity contribution is 0.169. The maximum atomic E-state index is 5.37. The van der Waals surface area contributed by atoms with Crippen molar-refractivity contribution in [1.82, 2.24) is 5.43 Å². The smallest absolute Gasteiger partial charge is 0.0465 e. The van der Waals surface area contributed by atoms with Crippen molar-refractivity contribution in [2.45, 2.75) is 32.7 Å². The third kappa shape index (κ3) is 4.35. The van der Waals surface area contributed by atoms with Crippen molar-refractivity contribution in [2.75, 3.05) is 13.7 Å². The van der Waals surface area contributed by atoms with Crippen LogP contribution in [0.5, 0.6) is 0 Å². The van der Waals surface area contributed by atoms with Gasteiger partial charge in [-0.1, -0.05) is 13.8 Å². The third-order valence-corrected chi connectivity index (χ3v) is 2.12. The van der Waals surface area contributed by atoms with Gasteiger partial charge >= 0.3 is 0 Å². The summed E-state index contributed by atoms with van der Waals surface area (Å²) in [7, 11) is 1.73. The summed E-state index contributed by atoms with van der Waals surface area (Å²) in [5.74, 6) is 5.95. The Hall–Kier alpha value is -0.120. The summed E-state index contributed by atoms with van der Waals surface area (Å²) < 4.78 is 4.98. The number of ether oxygens (including phenoxy) is 1. The van der Waals surface area contributed by atoms with Gasteiger partial charge in [0.05, 0.1) is 0 Å². The molecule has 0 rings (SSSR count). The molecular formula is C8H20N2O. The lowest BCUT2D eigenvalue weighted by Gasteiger charge is -2.21. The van der Waals surface area contributed by atoms with Crippen molar-refractivity contribution >= 4 is 0 Å². The highest BCUT2D eigenvalue weighted by atomic mass is 16.5. The minimum atomic E-state index is 0.421. The molecule has 0 spiro atoms. The zero-order chi connectivity index (χ0) is 8.69. The van der Waals surface area contributed by atoms with E-state index in [2.05, 4.69) is 19.3 Å². The summed E-state index contributed by atoms with van der Waals surface area (Å²) in [6.45, 7) is 5.14. The minimum absolute atomic E-state index is 0.421. The van der Waals surface area contributed by atoms with E-state index >= 15 is 0 Å². The third-order valence-electron chi connectivity index (χ3n) is 2.12. The Labute approximate surface area is 69.3 Å². The van der Waals surface area contributed by atoms with Gasteiger partial charge in [-0.2, -0.15) is 0 Å². The maximum Gasteiger partial charge on any atom is 0.0465 e. The van der Waals surface area contributed by atoms with Crippen molar-refractivity contribution in [2.24, 2.45) is 11.8 Å². The molecule has 0 saturated heterocycles. The second-order valence-electron chi connectivity index (χ2n) is 2.94. The molecule has 3 heteroatoms. The second-order valence-corrected chi connectivity index (χ2v) is 2.94. The number of hydrogen-bond acceptors (Lipinski definition) is 3. The summed E-state index contributed by atoms with van der Waals surface area (Å²) >= 11 is 0. The van der Waals surface area contributed by atoms with Crippen LogP contribution >= 0.6 is 0 Å². The van der Waals surface area contributed by atoms with E-state index in [0.29, 0.717) is 12.0 Å². The predicted molar refractivity (Wildman–Crippen MR) is 47.1 cm³/mol. The van der Waals surface area contributed by atoms with E-state index in [-0.39, 0.29) is 0 Å². The number of methoxy groups -OCH3 is 1. The van der Waals surface area contributed by atoms with Gasteiger partial charge in [0, 0.05) is 19.8 Å². The van der Waals surface area contributed by atoms with Gasteiger partial charge in [-0.3, -0.25) is 11.3 Å². The molecule has 0 heterocycles. The lowest BCUT2D eigenvalue weighted by Crippen LogP contribution is -2.39. The largest absolute Gasteiger partial charge is 0.385 e. The quantitative estimate of drug-likeness (QED) is 0.448. The summed E-state index contributed by atoms with van der Waals surface area (Å²) in [5.41, 5.74) is 2.80. The minimum Gasteiger partial charge on any atom is -0.385 e. The van der Waals surface area contributed by atoms with Gasteiger partial charge in [-0.25, -0.2) is 0 Å². The first kappa shape index (κ1) is 10.9. The van der Waals surface area contributed by atoms with E-state index in [0.717, 1.165) is 19.4 Å². The Bertz CT molecular complexity index is 84.2. The summed E-state index contributed by atoms with van der Waals surface area (Å²) in [5, 5.41) is 0. The number of rotatable bonds is 6. The van der Waals surface area contributed by atoms with Crippen LogP contribution in [-0.2, 0) is 4.74 Å². The van der Waals surface area contributed by atoms with Crippen LogP contribution < -0.4 is 11.3 Å². The maximum absolute atomic E-state index is 5.37. The molecular weight excluding hydrogens is 140 g/mol. The van der Waals surface area contributed by atoms with Crippen LogP contribution in [0.25, 0.3) is 0 Å².